The van der Waals surface area contributed by atoms with Gasteiger partial charge in [-0.05, 0) is 12.1 Å². The molecule has 0 spiro atoms. The highest BCUT2D eigenvalue weighted by Gasteiger charge is 2.25. The number of rotatable bonds is 5. The van der Waals surface area contributed by atoms with E-state index < -0.39 is 7.82 Å². The van der Waals surface area contributed by atoms with Crippen LogP contribution in [0.5, 0.6) is 5.75 Å². The molecule has 0 unspecified atom stereocenters. The van der Waals surface area contributed by atoms with Crippen LogP contribution in [0.1, 0.15) is 0 Å². The van der Waals surface area contributed by atoms with Gasteiger partial charge in [0.1, 0.15) is 0 Å². The van der Waals surface area contributed by atoms with Crippen molar-refractivity contribution in [3.05, 3.63) is 30.3 Å². The molecule has 0 aromatic heterocycles. The van der Waals surface area contributed by atoms with Crippen molar-refractivity contribution in [1.82, 2.24) is 0 Å². The average Bonchev–Trinajstić information content (AvgIpc) is 2.27. The molecule has 5 nitrogen and oxygen atoms in total. The molecule has 1 aromatic rings. The molecule has 0 atom stereocenters. The first-order chi connectivity index (χ1) is 6.70. The fourth-order valence-corrected chi connectivity index (χ4v) is 1.15. The quantitative estimate of drug-likeness (QED) is 0.431. The minimum Gasteiger partial charge on any atom is -0.327 e. The summed E-state index contributed by atoms with van der Waals surface area (Å²) in [6, 6.07) is 8.62. The van der Waals surface area contributed by atoms with E-state index in [-0.39, 0.29) is 0 Å². The molecule has 0 aliphatic carbocycles. The smallest absolute Gasteiger partial charge is 0.327 e. The second kappa shape index (κ2) is 5.12. The molecular formula is C8H11O5P. The number of benzene rings is 1. The molecule has 0 saturated heterocycles. The van der Waals surface area contributed by atoms with Crippen LogP contribution in [0.3, 0.4) is 0 Å². The van der Waals surface area contributed by atoms with E-state index in [0.29, 0.717) is 5.75 Å². The molecule has 0 radical (unpaired) electrons. The van der Waals surface area contributed by atoms with Crippen molar-refractivity contribution in [3.63, 3.8) is 0 Å². The first-order valence-electron chi connectivity index (χ1n) is 3.83. The Bertz CT molecular complexity index is 305. The van der Waals surface area contributed by atoms with Crippen molar-refractivity contribution in [3.8, 4) is 5.75 Å². The summed E-state index contributed by atoms with van der Waals surface area (Å²) in [5.74, 6) is 0.418. The van der Waals surface area contributed by atoms with E-state index >= 15 is 0 Å². The summed E-state index contributed by atoms with van der Waals surface area (Å²) in [5.41, 5.74) is 0. The van der Waals surface area contributed by atoms with E-state index in [1.807, 2.05) is 6.07 Å². The molecule has 0 aliphatic heterocycles. The van der Waals surface area contributed by atoms with Gasteiger partial charge in [0.15, 0.2) is 5.75 Å². The van der Waals surface area contributed by atoms with Crippen molar-refractivity contribution in [2.75, 3.05) is 14.2 Å². The second-order valence-corrected chi connectivity index (χ2v) is 4.06. The lowest BCUT2D eigenvalue weighted by Gasteiger charge is -2.11. The van der Waals surface area contributed by atoms with Crippen LogP contribution in [0.15, 0.2) is 30.3 Å². The number of hydrogen-bond donors (Lipinski definition) is 0. The molecule has 0 fully saturated rings. The Morgan fingerprint density at radius 2 is 1.64 bits per heavy atom. The van der Waals surface area contributed by atoms with Gasteiger partial charge >= 0.3 is 7.82 Å². The Hall–Kier alpha value is -0.870. The van der Waals surface area contributed by atoms with Crippen molar-refractivity contribution in [1.29, 1.82) is 0 Å². The fraction of sp³-hybridized carbons (Fsp3) is 0.250. The van der Waals surface area contributed by atoms with Gasteiger partial charge in [-0.25, -0.2) is 4.57 Å². The lowest BCUT2D eigenvalue weighted by atomic mass is 10.3. The lowest BCUT2D eigenvalue weighted by molar-refractivity contribution is -0.127. The lowest BCUT2D eigenvalue weighted by Crippen LogP contribution is -1.98. The maximum Gasteiger partial charge on any atom is 0.510 e. The number of phosphoric ester groups is 1. The summed E-state index contributed by atoms with van der Waals surface area (Å²) >= 11 is 0. The third-order valence-electron chi connectivity index (χ3n) is 1.42. The van der Waals surface area contributed by atoms with Gasteiger partial charge in [0.05, 0.1) is 0 Å². The van der Waals surface area contributed by atoms with E-state index in [9.17, 15) is 4.57 Å². The standard InChI is InChI=1S/C8H11O5P/c1-10-14(9,11-2)13-12-8-6-4-3-5-7-8/h3-7H,1-2H3. The van der Waals surface area contributed by atoms with Gasteiger partial charge in [0.25, 0.3) is 0 Å². The average molecular weight is 218 g/mol. The third kappa shape index (κ3) is 3.12. The molecule has 78 valence electrons. The maximum atomic E-state index is 11.3. The highest BCUT2D eigenvalue weighted by Crippen LogP contribution is 2.47. The molecule has 1 rings (SSSR count). The summed E-state index contributed by atoms with van der Waals surface area (Å²) in [4.78, 5) is 4.74. The second-order valence-electron chi connectivity index (χ2n) is 2.28. The Morgan fingerprint density at radius 3 is 2.14 bits per heavy atom. The Balaban J connectivity index is 2.52. The van der Waals surface area contributed by atoms with Gasteiger partial charge in [-0.2, -0.15) is 0 Å². The van der Waals surface area contributed by atoms with Crippen molar-refractivity contribution >= 4 is 7.82 Å². The zero-order valence-corrected chi connectivity index (χ0v) is 8.77. The third-order valence-corrected chi connectivity index (χ3v) is 2.57. The van der Waals surface area contributed by atoms with E-state index in [1.165, 1.54) is 14.2 Å². The molecular weight excluding hydrogens is 207 g/mol. The van der Waals surface area contributed by atoms with Crippen LogP contribution >= 0.6 is 7.82 Å². The van der Waals surface area contributed by atoms with Crippen LogP contribution in [-0.2, 0) is 18.3 Å². The van der Waals surface area contributed by atoms with Crippen LogP contribution in [0.2, 0.25) is 0 Å². The summed E-state index contributed by atoms with van der Waals surface area (Å²) < 4.78 is 24.8. The van der Waals surface area contributed by atoms with Crippen LogP contribution in [0.25, 0.3) is 0 Å². The van der Waals surface area contributed by atoms with Crippen LogP contribution < -0.4 is 4.89 Å². The van der Waals surface area contributed by atoms with E-state index in [4.69, 9.17) is 4.89 Å². The maximum absolute atomic E-state index is 11.3. The highest BCUT2D eigenvalue weighted by molar-refractivity contribution is 7.48. The predicted octanol–water partition coefficient (Wildman–Crippen LogP) is 2.40. The van der Waals surface area contributed by atoms with Crippen LogP contribution in [0.4, 0.5) is 0 Å². The number of para-hydroxylation sites is 1. The Morgan fingerprint density at radius 1 is 1.07 bits per heavy atom. The van der Waals surface area contributed by atoms with Crippen LogP contribution in [0, 0.1) is 0 Å². The van der Waals surface area contributed by atoms with E-state index in [1.54, 1.807) is 24.3 Å². The molecule has 0 saturated carbocycles. The molecule has 6 heteroatoms. The van der Waals surface area contributed by atoms with Gasteiger partial charge in [-0.15, -0.1) is 0 Å². The molecule has 14 heavy (non-hydrogen) atoms. The molecule has 0 aliphatic rings. The van der Waals surface area contributed by atoms with Gasteiger partial charge in [-0.3, -0.25) is 9.05 Å². The van der Waals surface area contributed by atoms with Gasteiger partial charge in [-0.1, -0.05) is 22.9 Å². The summed E-state index contributed by atoms with van der Waals surface area (Å²) in [7, 11) is -1.15. The Kier molecular flexibility index (Phi) is 4.10. The predicted molar refractivity (Wildman–Crippen MR) is 49.8 cm³/mol. The van der Waals surface area contributed by atoms with Crippen molar-refractivity contribution < 1.29 is 23.2 Å². The number of phosphoric acid groups is 1. The molecule has 0 amide bonds. The highest BCUT2D eigenvalue weighted by atomic mass is 31.2. The minimum absolute atomic E-state index is 0.418. The number of hydrogen-bond acceptors (Lipinski definition) is 5. The summed E-state index contributed by atoms with van der Waals surface area (Å²) in [5, 5.41) is 0. The van der Waals surface area contributed by atoms with E-state index in [2.05, 4.69) is 13.7 Å². The van der Waals surface area contributed by atoms with Gasteiger partial charge in [0, 0.05) is 14.2 Å². The molecule has 0 bridgehead atoms. The van der Waals surface area contributed by atoms with Gasteiger partial charge in [0.2, 0.25) is 0 Å². The largest absolute Gasteiger partial charge is 0.510 e. The minimum atomic E-state index is -3.57. The van der Waals surface area contributed by atoms with Crippen molar-refractivity contribution in [2.24, 2.45) is 0 Å². The molecule has 0 heterocycles. The van der Waals surface area contributed by atoms with Crippen LogP contribution in [-0.4, -0.2) is 14.2 Å². The SMILES string of the molecule is COP(=O)(OC)OOc1ccccc1. The molecule has 1 aromatic carbocycles. The zero-order chi connectivity index (χ0) is 10.4. The molecule has 0 N–H and O–H groups in total. The first kappa shape index (κ1) is 11.2. The topological polar surface area (TPSA) is 54.0 Å². The summed E-state index contributed by atoms with van der Waals surface area (Å²) in [6.07, 6.45) is 0. The van der Waals surface area contributed by atoms with Gasteiger partial charge < -0.3 is 4.89 Å². The van der Waals surface area contributed by atoms with Crippen molar-refractivity contribution in [2.45, 2.75) is 0 Å². The fourth-order valence-electron chi connectivity index (χ4n) is 0.700. The first-order valence-corrected chi connectivity index (χ1v) is 5.29. The Labute approximate surface area is 82.1 Å². The van der Waals surface area contributed by atoms with E-state index in [0.717, 1.165) is 0 Å². The summed E-state index contributed by atoms with van der Waals surface area (Å²) in [6.45, 7) is 0. The normalized spacial score (nSPS) is 11.3. The zero-order valence-electron chi connectivity index (χ0n) is 7.88. The monoisotopic (exact) mass is 218 g/mol.